The summed E-state index contributed by atoms with van der Waals surface area (Å²) in [4.78, 5) is 17.1. The standard InChI is InChI=1S/C26H17Cl2N3O2/c27-19-6-4-16(5-7-19)25(30-9-8-29-14-30)18-11-22-21(17-2-1-3-20(28)10-17)13-24(32)31-15-33-23(12-18)26(22)31/h1-14,25H,15H2. The molecule has 5 nitrogen and oxygen atoms in total. The van der Waals surface area contributed by atoms with Crippen molar-refractivity contribution in [2.75, 3.05) is 0 Å². The Balaban J connectivity index is 1.64. The molecule has 5 aromatic rings. The van der Waals surface area contributed by atoms with Crippen LogP contribution in [0.2, 0.25) is 10.0 Å². The zero-order valence-corrected chi connectivity index (χ0v) is 18.8. The normalized spacial score (nSPS) is 13.3. The Morgan fingerprint density at radius 3 is 2.55 bits per heavy atom. The monoisotopic (exact) mass is 473 g/mol. The van der Waals surface area contributed by atoms with Crippen LogP contribution >= 0.6 is 23.2 Å². The molecule has 7 heteroatoms. The first-order valence-electron chi connectivity index (χ1n) is 10.4. The van der Waals surface area contributed by atoms with Crippen LogP contribution in [0.15, 0.2) is 90.2 Å². The topological polar surface area (TPSA) is 49.0 Å². The molecular formula is C26H17Cl2N3O2. The van der Waals surface area contributed by atoms with E-state index in [0.29, 0.717) is 15.8 Å². The summed E-state index contributed by atoms with van der Waals surface area (Å²) in [5, 5.41) is 2.22. The predicted molar refractivity (Wildman–Crippen MR) is 130 cm³/mol. The lowest BCUT2D eigenvalue weighted by Crippen LogP contribution is -2.18. The number of hydrogen-bond acceptors (Lipinski definition) is 3. The number of rotatable bonds is 4. The second kappa shape index (κ2) is 7.80. The molecule has 0 spiro atoms. The number of nitrogens with zero attached hydrogens (tertiary/aromatic N) is 3. The van der Waals surface area contributed by atoms with Gasteiger partial charge in [-0.05, 0) is 58.7 Å². The Bertz CT molecular complexity index is 1560. The van der Waals surface area contributed by atoms with Crippen molar-refractivity contribution in [1.29, 1.82) is 0 Å². The van der Waals surface area contributed by atoms with Crippen LogP contribution in [0.5, 0.6) is 5.75 Å². The number of halogens is 2. The molecule has 0 fully saturated rings. The number of imidazole rings is 1. The molecule has 162 valence electrons. The summed E-state index contributed by atoms with van der Waals surface area (Å²) in [6.07, 6.45) is 5.49. The highest BCUT2D eigenvalue weighted by atomic mass is 35.5. The second-order valence-corrected chi connectivity index (χ2v) is 8.86. The number of aromatic nitrogens is 3. The van der Waals surface area contributed by atoms with Crippen LogP contribution in [0.4, 0.5) is 0 Å². The molecule has 0 bridgehead atoms. The third-order valence-electron chi connectivity index (χ3n) is 6.00. The molecule has 1 aliphatic rings. The molecule has 0 amide bonds. The molecule has 0 saturated heterocycles. The van der Waals surface area contributed by atoms with Gasteiger partial charge in [-0.2, -0.15) is 0 Å². The Kier molecular flexibility index (Phi) is 4.75. The van der Waals surface area contributed by atoms with Gasteiger partial charge in [0.25, 0.3) is 5.56 Å². The van der Waals surface area contributed by atoms with Crippen molar-refractivity contribution in [1.82, 2.24) is 14.1 Å². The Morgan fingerprint density at radius 2 is 1.79 bits per heavy atom. The molecule has 0 saturated carbocycles. The lowest BCUT2D eigenvalue weighted by atomic mass is 9.93. The van der Waals surface area contributed by atoms with Crippen molar-refractivity contribution in [2.45, 2.75) is 12.8 Å². The molecule has 0 N–H and O–H groups in total. The van der Waals surface area contributed by atoms with E-state index in [0.717, 1.165) is 33.2 Å². The van der Waals surface area contributed by atoms with Crippen molar-refractivity contribution in [3.8, 4) is 16.9 Å². The maximum Gasteiger partial charge on any atom is 0.254 e. The van der Waals surface area contributed by atoms with Gasteiger partial charge in [0, 0.05) is 33.9 Å². The van der Waals surface area contributed by atoms with Crippen LogP contribution in [-0.2, 0) is 6.73 Å². The molecular weight excluding hydrogens is 457 g/mol. The van der Waals surface area contributed by atoms with Gasteiger partial charge >= 0.3 is 0 Å². The summed E-state index contributed by atoms with van der Waals surface area (Å²) >= 11 is 12.4. The van der Waals surface area contributed by atoms with E-state index in [2.05, 4.69) is 11.1 Å². The van der Waals surface area contributed by atoms with Crippen molar-refractivity contribution >= 4 is 34.1 Å². The first-order valence-corrected chi connectivity index (χ1v) is 11.2. The zero-order chi connectivity index (χ0) is 22.5. The van der Waals surface area contributed by atoms with Crippen LogP contribution < -0.4 is 10.3 Å². The summed E-state index contributed by atoms with van der Waals surface area (Å²) in [6.45, 7) is 0.195. The molecule has 3 aromatic carbocycles. The Hall–Kier alpha value is -3.54. The van der Waals surface area contributed by atoms with Crippen LogP contribution in [0.25, 0.3) is 22.0 Å². The van der Waals surface area contributed by atoms with Crippen LogP contribution in [-0.4, -0.2) is 14.1 Å². The third kappa shape index (κ3) is 3.41. The summed E-state index contributed by atoms with van der Waals surface area (Å²) < 4.78 is 9.67. The maximum atomic E-state index is 12.9. The molecule has 1 unspecified atom stereocenters. The van der Waals surface area contributed by atoms with Crippen molar-refractivity contribution < 1.29 is 4.74 Å². The molecule has 0 aliphatic carbocycles. The highest BCUT2D eigenvalue weighted by Crippen LogP contribution is 2.40. The molecule has 0 radical (unpaired) electrons. The third-order valence-corrected chi connectivity index (χ3v) is 6.49. The van der Waals surface area contributed by atoms with E-state index >= 15 is 0 Å². The van der Waals surface area contributed by atoms with Gasteiger partial charge in [0.1, 0.15) is 5.75 Å². The fourth-order valence-corrected chi connectivity index (χ4v) is 4.85. The molecule has 33 heavy (non-hydrogen) atoms. The Labute approximate surface area is 199 Å². The number of hydrogen-bond donors (Lipinski definition) is 0. The molecule has 3 heterocycles. The summed E-state index contributed by atoms with van der Waals surface area (Å²) in [6, 6.07) is 21.0. The van der Waals surface area contributed by atoms with Crippen molar-refractivity contribution in [3.05, 3.63) is 117 Å². The predicted octanol–water partition coefficient (Wildman–Crippen LogP) is 6.16. The van der Waals surface area contributed by atoms with E-state index in [9.17, 15) is 4.79 Å². The quantitative estimate of drug-likeness (QED) is 0.314. The van der Waals surface area contributed by atoms with Gasteiger partial charge in [-0.25, -0.2) is 4.98 Å². The molecule has 1 aliphatic heterocycles. The second-order valence-electron chi connectivity index (χ2n) is 7.99. The van der Waals surface area contributed by atoms with Crippen LogP contribution in [0.3, 0.4) is 0 Å². The highest BCUT2D eigenvalue weighted by molar-refractivity contribution is 6.31. The minimum Gasteiger partial charge on any atom is -0.470 e. The zero-order valence-electron chi connectivity index (χ0n) is 17.3. The SMILES string of the molecule is O=c1cc(-c2cccc(Cl)c2)c2cc(C(c3ccc(Cl)cc3)n3ccnc3)cc3c2n1CO3. The van der Waals surface area contributed by atoms with Crippen LogP contribution in [0, 0.1) is 0 Å². The molecule has 2 aromatic heterocycles. The van der Waals surface area contributed by atoms with Gasteiger partial charge in [0.15, 0.2) is 6.73 Å². The average molecular weight is 474 g/mol. The van der Waals surface area contributed by atoms with E-state index < -0.39 is 0 Å². The van der Waals surface area contributed by atoms with Gasteiger partial charge < -0.3 is 9.30 Å². The van der Waals surface area contributed by atoms with E-state index in [4.69, 9.17) is 27.9 Å². The van der Waals surface area contributed by atoms with Gasteiger partial charge in [-0.15, -0.1) is 0 Å². The lowest BCUT2D eigenvalue weighted by molar-refractivity contribution is 0.266. The first kappa shape index (κ1) is 20.1. The van der Waals surface area contributed by atoms with Gasteiger partial charge in [-0.1, -0.05) is 47.5 Å². The summed E-state index contributed by atoms with van der Waals surface area (Å²) in [5.74, 6) is 0.683. The minimum atomic E-state index is -0.151. The maximum absolute atomic E-state index is 12.9. The Morgan fingerprint density at radius 1 is 0.939 bits per heavy atom. The molecule has 1 atom stereocenters. The average Bonchev–Trinajstić information content (AvgIpc) is 3.49. The number of benzene rings is 3. The van der Waals surface area contributed by atoms with E-state index in [1.165, 1.54) is 0 Å². The van der Waals surface area contributed by atoms with Gasteiger partial charge in [0.2, 0.25) is 0 Å². The smallest absolute Gasteiger partial charge is 0.254 e. The fourth-order valence-electron chi connectivity index (χ4n) is 4.53. The van der Waals surface area contributed by atoms with E-state index in [1.54, 1.807) is 23.2 Å². The fraction of sp³-hybridized carbons (Fsp3) is 0.0769. The van der Waals surface area contributed by atoms with Crippen LogP contribution in [0.1, 0.15) is 17.2 Å². The molecule has 6 rings (SSSR count). The minimum absolute atomic E-state index is 0.104. The largest absolute Gasteiger partial charge is 0.470 e. The first-order chi connectivity index (χ1) is 16.1. The van der Waals surface area contributed by atoms with Gasteiger partial charge in [0.05, 0.1) is 17.9 Å². The van der Waals surface area contributed by atoms with E-state index in [-0.39, 0.29) is 18.3 Å². The van der Waals surface area contributed by atoms with Gasteiger partial charge in [-0.3, -0.25) is 9.36 Å². The lowest BCUT2D eigenvalue weighted by Gasteiger charge is -2.21. The number of pyridine rings is 1. The summed E-state index contributed by atoms with van der Waals surface area (Å²) in [5.41, 5.74) is 4.46. The highest BCUT2D eigenvalue weighted by Gasteiger charge is 2.25. The van der Waals surface area contributed by atoms with Crippen molar-refractivity contribution in [3.63, 3.8) is 0 Å². The summed E-state index contributed by atoms with van der Waals surface area (Å²) in [7, 11) is 0. The van der Waals surface area contributed by atoms with E-state index in [1.807, 2.05) is 65.4 Å². The number of ether oxygens (including phenoxy) is 1. The van der Waals surface area contributed by atoms with Crippen molar-refractivity contribution in [2.24, 2.45) is 0 Å².